The monoisotopic (exact) mass is 411 g/mol. The average molecular weight is 412 g/mol. The second-order valence-corrected chi connectivity index (χ2v) is 8.90. The van der Waals surface area contributed by atoms with E-state index in [1.807, 2.05) is 17.7 Å². The normalized spacial score (nSPS) is 17.6. The van der Waals surface area contributed by atoms with E-state index in [-0.39, 0.29) is 41.0 Å². The van der Waals surface area contributed by atoms with Crippen molar-refractivity contribution in [1.82, 2.24) is 24.2 Å². The van der Waals surface area contributed by atoms with Gasteiger partial charge in [-0.1, -0.05) is 11.6 Å². The molecule has 0 saturated carbocycles. The Hall–Kier alpha value is -1.97. The van der Waals surface area contributed by atoms with Gasteiger partial charge < -0.3 is 9.88 Å². The van der Waals surface area contributed by atoms with Crippen molar-refractivity contribution < 1.29 is 13.2 Å². The molecule has 0 bridgehead atoms. The maximum atomic E-state index is 12.7. The first-order valence-corrected chi connectivity index (χ1v) is 10.6. The van der Waals surface area contributed by atoms with E-state index < -0.39 is 10.0 Å². The maximum Gasteiger partial charge on any atom is 0.246 e. The van der Waals surface area contributed by atoms with Crippen LogP contribution in [0.4, 0.5) is 0 Å². The highest BCUT2D eigenvalue weighted by Gasteiger charge is 2.33. The summed E-state index contributed by atoms with van der Waals surface area (Å²) in [4.78, 5) is 20.3. The molecule has 146 valence electrons. The quantitative estimate of drug-likeness (QED) is 0.727. The summed E-state index contributed by atoms with van der Waals surface area (Å²) in [7, 11) is -3.70. The number of hydrogen-bond donors (Lipinski definition) is 1. The molecular formula is C17H22ClN5O3S. The minimum absolute atomic E-state index is 0.00326. The van der Waals surface area contributed by atoms with Crippen molar-refractivity contribution >= 4 is 27.5 Å². The third kappa shape index (κ3) is 4.66. The number of aromatic nitrogens is 3. The molecule has 1 fully saturated rings. The van der Waals surface area contributed by atoms with Gasteiger partial charge in [0.25, 0.3) is 0 Å². The van der Waals surface area contributed by atoms with Crippen molar-refractivity contribution in [3.63, 3.8) is 0 Å². The van der Waals surface area contributed by atoms with Crippen molar-refractivity contribution in [3.05, 3.63) is 42.2 Å². The number of imidazole rings is 1. The van der Waals surface area contributed by atoms with E-state index >= 15 is 0 Å². The lowest BCUT2D eigenvalue weighted by molar-refractivity contribution is -0.126. The van der Waals surface area contributed by atoms with Gasteiger partial charge in [-0.15, -0.1) is 0 Å². The van der Waals surface area contributed by atoms with Crippen LogP contribution in [0.25, 0.3) is 0 Å². The lowest BCUT2D eigenvalue weighted by Crippen LogP contribution is -2.45. The van der Waals surface area contributed by atoms with Crippen LogP contribution in [0.2, 0.25) is 5.15 Å². The molecule has 1 unspecified atom stereocenters. The predicted octanol–water partition coefficient (Wildman–Crippen LogP) is 1.54. The van der Waals surface area contributed by atoms with Crippen LogP contribution in [0.15, 0.2) is 41.9 Å². The summed E-state index contributed by atoms with van der Waals surface area (Å²) in [6, 6.07) is 2.95. The Balaban J connectivity index is 1.55. The van der Waals surface area contributed by atoms with Gasteiger partial charge in [-0.05, 0) is 31.9 Å². The Labute approximate surface area is 163 Å². The maximum absolute atomic E-state index is 12.7. The minimum Gasteiger partial charge on any atom is -0.352 e. The van der Waals surface area contributed by atoms with E-state index in [2.05, 4.69) is 15.3 Å². The highest BCUT2D eigenvalue weighted by molar-refractivity contribution is 7.89. The molecule has 1 aliphatic rings. The SMILES string of the molecule is CC(Cn1ccnc1)NC(=O)C1CCN(S(=O)(=O)c2cccnc2Cl)CC1. The zero-order valence-corrected chi connectivity index (χ0v) is 16.5. The van der Waals surface area contributed by atoms with Gasteiger partial charge >= 0.3 is 0 Å². The van der Waals surface area contributed by atoms with Gasteiger partial charge in [-0.25, -0.2) is 18.4 Å². The van der Waals surface area contributed by atoms with Crippen LogP contribution in [0.5, 0.6) is 0 Å². The molecular weight excluding hydrogens is 390 g/mol. The molecule has 8 nitrogen and oxygen atoms in total. The summed E-state index contributed by atoms with van der Waals surface area (Å²) < 4.78 is 28.7. The van der Waals surface area contributed by atoms with Crippen LogP contribution in [-0.2, 0) is 21.4 Å². The largest absolute Gasteiger partial charge is 0.352 e. The van der Waals surface area contributed by atoms with E-state index in [1.165, 1.54) is 16.6 Å². The molecule has 1 N–H and O–H groups in total. The zero-order chi connectivity index (χ0) is 19.4. The van der Waals surface area contributed by atoms with Crippen LogP contribution in [0.3, 0.4) is 0 Å². The van der Waals surface area contributed by atoms with Crippen LogP contribution >= 0.6 is 11.6 Å². The van der Waals surface area contributed by atoms with Crippen molar-refractivity contribution in [2.24, 2.45) is 5.92 Å². The molecule has 2 aromatic rings. The highest BCUT2D eigenvalue weighted by Crippen LogP contribution is 2.27. The van der Waals surface area contributed by atoms with E-state index in [0.717, 1.165) is 0 Å². The van der Waals surface area contributed by atoms with Gasteiger partial charge in [0.15, 0.2) is 0 Å². The first kappa shape index (κ1) is 19.8. The van der Waals surface area contributed by atoms with Crippen molar-refractivity contribution in [1.29, 1.82) is 0 Å². The molecule has 0 aliphatic carbocycles. The van der Waals surface area contributed by atoms with E-state index in [9.17, 15) is 13.2 Å². The number of carbonyl (C=O) groups excluding carboxylic acids is 1. The molecule has 0 aromatic carbocycles. The number of rotatable bonds is 6. The van der Waals surface area contributed by atoms with Gasteiger partial charge in [0.2, 0.25) is 15.9 Å². The molecule has 3 heterocycles. The summed E-state index contributed by atoms with van der Waals surface area (Å²) in [6.45, 7) is 3.13. The molecule has 2 aromatic heterocycles. The van der Waals surface area contributed by atoms with Gasteiger partial charge in [-0.2, -0.15) is 4.31 Å². The van der Waals surface area contributed by atoms with E-state index in [0.29, 0.717) is 19.4 Å². The highest BCUT2D eigenvalue weighted by atomic mass is 35.5. The average Bonchev–Trinajstić information content (AvgIpc) is 3.14. The number of hydrogen-bond acceptors (Lipinski definition) is 5. The molecule has 0 spiro atoms. The predicted molar refractivity (Wildman–Crippen MR) is 101 cm³/mol. The van der Waals surface area contributed by atoms with Crippen LogP contribution < -0.4 is 5.32 Å². The van der Waals surface area contributed by atoms with Crippen molar-refractivity contribution in [2.75, 3.05) is 13.1 Å². The smallest absolute Gasteiger partial charge is 0.246 e. The lowest BCUT2D eigenvalue weighted by Gasteiger charge is -2.31. The molecule has 1 atom stereocenters. The Morgan fingerprint density at radius 1 is 1.37 bits per heavy atom. The Bertz CT molecular complexity index is 880. The van der Waals surface area contributed by atoms with Crippen LogP contribution in [0.1, 0.15) is 19.8 Å². The second-order valence-electron chi connectivity index (χ2n) is 6.64. The first-order valence-electron chi connectivity index (χ1n) is 8.74. The molecule has 10 heteroatoms. The third-order valence-electron chi connectivity index (χ3n) is 4.60. The van der Waals surface area contributed by atoms with Gasteiger partial charge in [-0.3, -0.25) is 4.79 Å². The summed E-state index contributed by atoms with van der Waals surface area (Å²) in [6.07, 6.45) is 7.63. The van der Waals surface area contributed by atoms with Gasteiger partial charge in [0, 0.05) is 50.2 Å². The number of sulfonamides is 1. The number of amides is 1. The lowest BCUT2D eigenvalue weighted by atomic mass is 9.97. The fourth-order valence-electron chi connectivity index (χ4n) is 3.18. The van der Waals surface area contributed by atoms with E-state index in [4.69, 9.17) is 11.6 Å². The summed E-state index contributed by atoms with van der Waals surface area (Å²) in [5, 5.41) is 2.96. The number of carbonyl (C=O) groups is 1. The second kappa shape index (κ2) is 8.37. The Morgan fingerprint density at radius 2 is 2.11 bits per heavy atom. The summed E-state index contributed by atoms with van der Waals surface area (Å²) in [5.74, 6) is -0.245. The van der Waals surface area contributed by atoms with Gasteiger partial charge in [0.05, 0.1) is 6.33 Å². The standard InChI is InChI=1S/C17H22ClN5O3S/c1-13(11-22-10-7-19-12-22)21-17(24)14-4-8-23(9-5-14)27(25,26)15-3-2-6-20-16(15)18/h2-3,6-7,10,12-14H,4-5,8-9,11H2,1H3,(H,21,24). The number of halogens is 1. The topological polar surface area (TPSA) is 97.2 Å². The Kier molecular flexibility index (Phi) is 6.13. The third-order valence-corrected chi connectivity index (χ3v) is 6.94. The molecule has 1 saturated heterocycles. The number of nitrogens with one attached hydrogen (secondary N) is 1. The molecule has 3 rings (SSSR count). The molecule has 1 amide bonds. The van der Waals surface area contributed by atoms with Gasteiger partial charge in [0.1, 0.15) is 10.0 Å². The molecule has 0 radical (unpaired) electrons. The minimum atomic E-state index is -3.70. The van der Waals surface area contributed by atoms with Crippen molar-refractivity contribution in [3.8, 4) is 0 Å². The first-order chi connectivity index (χ1) is 12.9. The molecule has 27 heavy (non-hydrogen) atoms. The number of piperidine rings is 1. The summed E-state index contributed by atoms with van der Waals surface area (Å²) in [5.41, 5.74) is 0. The fourth-order valence-corrected chi connectivity index (χ4v) is 5.08. The molecule has 1 aliphatic heterocycles. The van der Waals surface area contributed by atoms with Crippen LogP contribution in [-0.4, -0.2) is 52.3 Å². The number of pyridine rings is 1. The number of nitrogens with zero attached hydrogens (tertiary/aromatic N) is 4. The Morgan fingerprint density at radius 3 is 2.74 bits per heavy atom. The van der Waals surface area contributed by atoms with Crippen LogP contribution in [0, 0.1) is 5.92 Å². The zero-order valence-electron chi connectivity index (χ0n) is 15.0. The van der Waals surface area contributed by atoms with E-state index in [1.54, 1.807) is 18.6 Å². The fraction of sp³-hybridized carbons (Fsp3) is 0.471. The van der Waals surface area contributed by atoms with Crippen molar-refractivity contribution in [2.45, 2.75) is 37.2 Å². The summed E-state index contributed by atoms with van der Waals surface area (Å²) >= 11 is 5.94.